The molecule has 0 bridgehead atoms. The van der Waals surface area contributed by atoms with E-state index in [4.69, 9.17) is 0 Å². The van der Waals surface area contributed by atoms with Gasteiger partial charge < -0.3 is 10.2 Å². The minimum Gasteiger partial charge on any atom is -0.371 e. The van der Waals surface area contributed by atoms with Gasteiger partial charge in [-0.25, -0.2) is 4.39 Å². The van der Waals surface area contributed by atoms with Crippen molar-refractivity contribution in [3.63, 3.8) is 0 Å². The molecule has 2 rings (SSSR count). The number of anilines is 1. The standard InChI is InChI=1S/C15H23FN2/c1-15(2)9-6-10-17-14(15)11-18(3)13-8-5-4-7-12(13)16/h4-5,7-8,14,17H,6,9-11H2,1-3H3. The molecule has 0 aromatic heterocycles. The zero-order valence-corrected chi connectivity index (χ0v) is 11.5. The molecule has 1 unspecified atom stereocenters. The molecule has 1 heterocycles. The predicted molar refractivity (Wildman–Crippen MR) is 74.5 cm³/mol. The lowest BCUT2D eigenvalue weighted by atomic mass is 9.77. The lowest BCUT2D eigenvalue weighted by Gasteiger charge is -2.41. The molecule has 1 fully saturated rings. The quantitative estimate of drug-likeness (QED) is 0.887. The summed E-state index contributed by atoms with van der Waals surface area (Å²) in [5.41, 5.74) is 0.957. The number of nitrogens with one attached hydrogen (secondary N) is 1. The summed E-state index contributed by atoms with van der Waals surface area (Å²) in [6, 6.07) is 7.39. The smallest absolute Gasteiger partial charge is 0.146 e. The number of likely N-dealkylation sites (N-methyl/N-ethyl adjacent to an activating group) is 1. The second kappa shape index (κ2) is 5.27. The molecule has 2 nitrogen and oxygen atoms in total. The minimum absolute atomic E-state index is 0.145. The lowest BCUT2D eigenvalue weighted by Crippen LogP contribution is -2.52. The van der Waals surface area contributed by atoms with Gasteiger partial charge in [-0.05, 0) is 36.9 Å². The van der Waals surface area contributed by atoms with Crippen molar-refractivity contribution in [3.8, 4) is 0 Å². The SMILES string of the molecule is CN(CC1NCCCC1(C)C)c1ccccc1F. The van der Waals surface area contributed by atoms with Gasteiger partial charge in [0.15, 0.2) is 0 Å². The van der Waals surface area contributed by atoms with E-state index in [1.165, 1.54) is 18.9 Å². The molecule has 0 saturated carbocycles. The van der Waals surface area contributed by atoms with E-state index in [-0.39, 0.29) is 11.2 Å². The average Bonchev–Trinajstić information content (AvgIpc) is 2.32. The second-order valence-corrected chi connectivity index (χ2v) is 5.93. The molecule has 100 valence electrons. The average molecular weight is 250 g/mol. The maximum Gasteiger partial charge on any atom is 0.146 e. The van der Waals surface area contributed by atoms with Crippen LogP contribution in [0.4, 0.5) is 10.1 Å². The van der Waals surface area contributed by atoms with Crippen molar-refractivity contribution >= 4 is 5.69 Å². The third-order valence-electron chi connectivity index (χ3n) is 4.05. The highest BCUT2D eigenvalue weighted by molar-refractivity contribution is 5.47. The molecule has 1 aliphatic heterocycles. The van der Waals surface area contributed by atoms with Crippen LogP contribution in [0.1, 0.15) is 26.7 Å². The fourth-order valence-electron chi connectivity index (χ4n) is 2.72. The molecule has 0 aliphatic carbocycles. The Kier molecular flexibility index (Phi) is 3.91. The van der Waals surface area contributed by atoms with Gasteiger partial charge in [-0.2, -0.15) is 0 Å². The molecule has 0 amide bonds. The number of piperidine rings is 1. The van der Waals surface area contributed by atoms with E-state index < -0.39 is 0 Å². The predicted octanol–water partition coefficient (Wildman–Crippen LogP) is 3.04. The summed E-state index contributed by atoms with van der Waals surface area (Å²) in [6.07, 6.45) is 2.46. The summed E-state index contributed by atoms with van der Waals surface area (Å²) in [7, 11) is 1.96. The minimum atomic E-state index is -0.145. The van der Waals surface area contributed by atoms with E-state index in [0.29, 0.717) is 11.7 Å². The molecular weight excluding hydrogens is 227 g/mol. The molecule has 1 N–H and O–H groups in total. The van der Waals surface area contributed by atoms with Crippen molar-refractivity contribution in [3.05, 3.63) is 30.1 Å². The first-order valence-corrected chi connectivity index (χ1v) is 6.70. The fraction of sp³-hybridized carbons (Fsp3) is 0.600. The van der Waals surface area contributed by atoms with Crippen LogP contribution in [-0.2, 0) is 0 Å². The number of benzene rings is 1. The lowest BCUT2D eigenvalue weighted by molar-refractivity contribution is 0.183. The Labute approximate surface area is 109 Å². The Balaban J connectivity index is 2.07. The van der Waals surface area contributed by atoms with E-state index in [0.717, 1.165) is 13.1 Å². The van der Waals surface area contributed by atoms with Crippen LogP contribution < -0.4 is 10.2 Å². The Hall–Kier alpha value is -1.09. The zero-order valence-electron chi connectivity index (χ0n) is 11.5. The second-order valence-electron chi connectivity index (χ2n) is 5.93. The Bertz CT molecular complexity index is 403. The summed E-state index contributed by atoms with van der Waals surface area (Å²) in [4.78, 5) is 2.01. The first-order valence-electron chi connectivity index (χ1n) is 6.70. The van der Waals surface area contributed by atoms with Crippen molar-refractivity contribution < 1.29 is 4.39 Å². The molecule has 1 aliphatic rings. The molecule has 0 spiro atoms. The van der Waals surface area contributed by atoms with E-state index in [2.05, 4.69) is 19.2 Å². The molecule has 1 saturated heterocycles. The molecular formula is C15H23FN2. The molecule has 3 heteroatoms. The van der Waals surface area contributed by atoms with Gasteiger partial charge in [0, 0.05) is 19.6 Å². The zero-order chi connectivity index (χ0) is 13.2. The van der Waals surface area contributed by atoms with Crippen molar-refractivity contribution in [2.75, 3.05) is 25.0 Å². The maximum atomic E-state index is 13.7. The van der Waals surface area contributed by atoms with E-state index in [1.807, 2.05) is 24.1 Å². The fourth-order valence-corrected chi connectivity index (χ4v) is 2.72. The van der Waals surface area contributed by atoms with Gasteiger partial charge in [0.25, 0.3) is 0 Å². The summed E-state index contributed by atoms with van der Waals surface area (Å²) in [6.45, 7) is 6.49. The number of nitrogens with zero attached hydrogens (tertiary/aromatic N) is 1. The van der Waals surface area contributed by atoms with Gasteiger partial charge in [0.05, 0.1) is 5.69 Å². The first kappa shape index (κ1) is 13.3. The van der Waals surface area contributed by atoms with Gasteiger partial charge >= 0.3 is 0 Å². The largest absolute Gasteiger partial charge is 0.371 e. The Morgan fingerprint density at radius 2 is 2.11 bits per heavy atom. The number of rotatable bonds is 3. The van der Waals surface area contributed by atoms with E-state index >= 15 is 0 Å². The van der Waals surface area contributed by atoms with Gasteiger partial charge in [-0.15, -0.1) is 0 Å². The van der Waals surface area contributed by atoms with Crippen molar-refractivity contribution in [1.29, 1.82) is 0 Å². The molecule has 1 aromatic carbocycles. The Morgan fingerprint density at radius 1 is 1.39 bits per heavy atom. The van der Waals surface area contributed by atoms with Crippen LogP contribution in [0.2, 0.25) is 0 Å². The normalized spacial score (nSPS) is 22.8. The number of hydrogen-bond donors (Lipinski definition) is 1. The van der Waals surface area contributed by atoms with E-state index in [1.54, 1.807) is 6.07 Å². The van der Waals surface area contributed by atoms with Gasteiger partial charge in [-0.3, -0.25) is 0 Å². The number of halogens is 1. The highest BCUT2D eigenvalue weighted by Crippen LogP contribution is 2.31. The number of para-hydroxylation sites is 1. The van der Waals surface area contributed by atoms with Crippen molar-refractivity contribution in [2.24, 2.45) is 5.41 Å². The van der Waals surface area contributed by atoms with Crippen LogP contribution in [0.3, 0.4) is 0 Å². The van der Waals surface area contributed by atoms with Gasteiger partial charge in [-0.1, -0.05) is 26.0 Å². The monoisotopic (exact) mass is 250 g/mol. The summed E-state index contributed by atoms with van der Waals surface area (Å²) < 4.78 is 13.7. The van der Waals surface area contributed by atoms with Crippen molar-refractivity contribution in [2.45, 2.75) is 32.7 Å². The maximum absolute atomic E-state index is 13.7. The summed E-state index contributed by atoms with van der Waals surface area (Å²) in [5, 5.41) is 3.57. The third kappa shape index (κ3) is 2.83. The molecule has 0 radical (unpaired) electrons. The van der Waals surface area contributed by atoms with Crippen LogP contribution in [0.15, 0.2) is 24.3 Å². The summed E-state index contributed by atoms with van der Waals surface area (Å²) in [5.74, 6) is -0.145. The highest BCUT2D eigenvalue weighted by Gasteiger charge is 2.32. The van der Waals surface area contributed by atoms with Gasteiger partial charge in [0.2, 0.25) is 0 Å². The third-order valence-corrected chi connectivity index (χ3v) is 4.05. The van der Waals surface area contributed by atoms with Crippen LogP contribution in [0, 0.1) is 11.2 Å². The van der Waals surface area contributed by atoms with Gasteiger partial charge in [0.1, 0.15) is 5.82 Å². The van der Waals surface area contributed by atoms with Crippen LogP contribution in [0.5, 0.6) is 0 Å². The van der Waals surface area contributed by atoms with Crippen LogP contribution in [-0.4, -0.2) is 26.2 Å². The molecule has 1 atom stereocenters. The summed E-state index contributed by atoms with van der Waals surface area (Å²) >= 11 is 0. The first-order chi connectivity index (χ1) is 8.50. The van der Waals surface area contributed by atoms with Crippen LogP contribution >= 0.6 is 0 Å². The van der Waals surface area contributed by atoms with E-state index in [9.17, 15) is 4.39 Å². The van der Waals surface area contributed by atoms with Crippen molar-refractivity contribution in [1.82, 2.24) is 5.32 Å². The topological polar surface area (TPSA) is 15.3 Å². The molecule has 18 heavy (non-hydrogen) atoms. The van der Waals surface area contributed by atoms with Crippen LogP contribution in [0.25, 0.3) is 0 Å². The highest BCUT2D eigenvalue weighted by atomic mass is 19.1. The Morgan fingerprint density at radius 3 is 2.78 bits per heavy atom. The number of hydrogen-bond acceptors (Lipinski definition) is 2. The molecule has 1 aromatic rings.